The predicted molar refractivity (Wildman–Crippen MR) is 63.7 cm³/mol. The molecule has 1 aliphatic heterocycles. The zero-order chi connectivity index (χ0) is 12.5. The molecule has 94 valence electrons. The van der Waals surface area contributed by atoms with E-state index in [1.54, 1.807) is 6.07 Å². The van der Waals surface area contributed by atoms with Crippen LogP contribution >= 0.6 is 0 Å². The van der Waals surface area contributed by atoms with Gasteiger partial charge in [-0.25, -0.2) is 0 Å². The van der Waals surface area contributed by atoms with Gasteiger partial charge in [0.25, 0.3) is 10.1 Å². The molecule has 1 saturated heterocycles. The Hall–Kier alpha value is -0.910. The van der Waals surface area contributed by atoms with Crippen LogP contribution in [0, 0.1) is 6.92 Å². The minimum atomic E-state index is -4.12. The molecule has 0 aliphatic carbocycles. The molecule has 0 saturated carbocycles. The fourth-order valence-corrected chi connectivity index (χ4v) is 2.61. The first kappa shape index (κ1) is 12.5. The van der Waals surface area contributed by atoms with E-state index in [4.69, 9.17) is 9.29 Å². The van der Waals surface area contributed by atoms with Crippen molar-refractivity contribution in [3.05, 3.63) is 29.3 Å². The van der Waals surface area contributed by atoms with E-state index < -0.39 is 10.1 Å². The molecule has 5 heteroatoms. The van der Waals surface area contributed by atoms with Crippen molar-refractivity contribution in [1.29, 1.82) is 0 Å². The molecule has 4 nitrogen and oxygen atoms in total. The van der Waals surface area contributed by atoms with Crippen molar-refractivity contribution in [2.75, 3.05) is 6.61 Å². The molecule has 1 N–H and O–H groups in total. The maximum absolute atomic E-state index is 11.1. The summed E-state index contributed by atoms with van der Waals surface area (Å²) in [6.07, 6.45) is 2.94. The van der Waals surface area contributed by atoms with Crippen LogP contribution in [0.5, 0.6) is 0 Å². The van der Waals surface area contributed by atoms with Gasteiger partial charge in [0.2, 0.25) is 0 Å². The van der Waals surface area contributed by atoms with Crippen molar-refractivity contribution in [2.24, 2.45) is 0 Å². The molecule has 1 aliphatic rings. The number of rotatable bonds is 3. The van der Waals surface area contributed by atoms with Crippen molar-refractivity contribution in [1.82, 2.24) is 0 Å². The zero-order valence-corrected chi connectivity index (χ0v) is 10.5. The average molecular weight is 256 g/mol. The molecule has 0 radical (unpaired) electrons. The van der Waals surface area contributed by atoms with Gasteiger partial charge in [-0.1, -0.05) is 6.07 Å². The van der Waals surface area contributed by atoms with Crippen molar-refractivity contribution in [3.63, 3.8) is 0 Å². The van der Waals surface area contributed by atoms with E-state index in [2.05, 4.69) is 0 Å². The summed E-state index contributed by atoms with van der Waals surface area (Å²) in [7, 11) is -4.12. The Kier molecular flexibility index (Phi) is 3.51. The van der Waals surface area contributed by atoms with Crippen LogP contribution in [0.3, 0.4) is 0 Å². The highest BCUT2D eigenvalue weighted by Crippen LogP contribution is 2.21. The fourth-order valence-electron chi connectivity index (χ4n) is 2.08. The summed E-state index contributed by atoms with van der Waals surface area (Å²) in [4.78, 5) is -0.0453. The highest BCUT2D eigenvalue weighted by molar-refractivity contribution is 7.85. The molecule has 1 heterocycles. The first-order valence-electron chi connectivity index (χ1n) is 5.65. The molecule has 2 rings (SSSR count). The van der Waals surface area contributed by atoms with E-state index in [1.807, 2.05) is 6.92 Å². The molecular formula is C12H16O4S. The lowest BCUT2D eigenvalue weighted by atomic mass is 10.0. The highest BCUT2D eigenvalue weighted by Gasteiger charge is 2.18. The lowest BCUT2D eigenvalue weighted by Gasteiger charge is -2.12. The van der Waals surface area contributed by atoms with Crippen LogP contribution in [0.2, 0.25) is 0 Å². The molecular weight excluding hydrogens is 240 g/mol. The van der Waals surface area contributed by atoms with E-state index in [9.17, 15) is 8.42 Å². The van der Waals surface area contributed by atoms with Gasteiger partial charge in [0.15, 0.2) is 0 Å². The Morgan fingerprint density at radius 3 is 2.82 bits per heavy atom. The van der Waals surface area contributed by atoms with Crippen molar-refractivity contribution >= 4 is 10.1 Å². The van der Waals surface area contributed by atoms with Crippen LogP contribution in [0.1, 0.15) is 24.0 Å². The third kappa shape index (κ3) is 3.06. The maximum Gasteiger partial charge on any atom is 0.294 e. The average Bonchev–Trinajstić information content (AvgIpc) is 2.72. The van der Waals surface area contributed by atoms with E-state index >= 15 is 0 Å². The van der Waals surface area contributed by atoms with Gasteiger partial charge in [0.05, 0.1) is 11.0 Å². The summed E-state index contributed by atoms with van der Waals surface area (Å²) in [6, 6.07) is 4.67. The summed E-state index contributed by atoms with van der Waals surface area (Å²) >= 11 is 0. The predicted octanol–water partition coefficient (Wildman–Crippen LogP) is 1.96. The van der Waals surface area contributed by atoms with Crippen LogP contribution in [-0.2, 0) is 21.3 Å². The molecule has 0 aromatic heterocycles. The van der Waals surface area contributed by atoms with Gasteiger partial charge < -0.3 is 4.74 Å². The molecule has 0 amide bonds. The Labute approximate surface area is 101 Å². The summed E-state index contributed by atoms with van der Waals surface area (Å²) < 4.78 is 36.6. The third-order valence-corrected chi connectivity index (χ3v) is 3.94. The quantitative estimate of drug-likeness (QED) is 0.840. The first-order chi connectivity index (χ1) is 7.97. The van der Waals surface area contributed by atoms with Gasteiger partial charge >= 0.3 is 0 Å². The van der Waals surface area contributed by atoms with Gasteiger partial charge in [-0.3, -0.25) is 4.55 Å². The Balaban J connectivity index is 2.26. The topological polar surface area (TPSA) is 63.6 Å². The van der Waals surface area contributed by atoms with E-state index in [0.717, 1.165) is 30.6 Å². The second kappa shape index (κ2) is 4.76. The number of aryl methyl sites for hydroxylation is 1. The minimum absolute atomic E-state index is 0.0453. The van der Waals surface area contributed by atoms with Crippen LogP contribution in [0.4, 0.5) is 0 Å². The summed E-state index contributed by atoms with van der Waals surface area (Å²) in [5.41, 5.74) is 1.94. The van der Waals surface area contributed by atoms with Gasteiger partial charge in [-0.2, -0.15) is 8.42 Å². The van der Waals surface area contributed by atoms with Crippen molar-refractivity contribution in [2.45, 2.75) is 37.2 Å². The third-order valence-electron chi connectivity index (χ3n) is 3.09. The monoisotopic (exact) mass is 256 g/mol. The van der Waals surface area contributed by atoms with Gasteiger partial charge in [-0.15, -0.1) is 0 Å². The number of ether oxygens (including phenoxy) is 1. The van der Waals surface area contributed by atoms with E-state index in [-0.39, 0.29) is 11.0 Å². The maximum atomic E-state index is 11.1. The molecule has 1 atom stereocenters. The van der Waals surface area contributed by atoms with Crippen LogP contribution < -0.4 is 0 Å². The molecule has 1 fully saturated rings. The molecule has 17 heavy (non-hydrogen) atoms. The SMILES string of the molecule is Cc1ccc(S(=O)(=O)O)cc1CC1CCCO1. The van der Waals surface area contributed by atoms with Gasteiger partial charge in [0, 0.05) is 6.61 Å². The second-order valence-electron chi connectivity index (χ2n) is 4.40. The lowest BCUT2D eigenvalue weighted by molar-refractivity contribution is 0.111. The zero-order valence-electron chi connectivity index (χ0n) is 9.72. The first-order valence-corrected chi connectivity index (χ1v) is 7.09. The van der Waals surface area contributed by atoms with Gasteiger partial charge in [0.1, 0.15) is 0 Å². The van der Waals surface area contributed by atoms with Crippen LogP contribution in [-0.4, -0.2) is 25.7 Å². The number of benzene rings is 1. The van der Waals surface area contributed by atoms with Crippen LogP contribution in [0.15, 0.2) is 23.1 Å². The summed E-state index contributed by atoms with van der Waals surface area (Å²) in [6.45, 7) is 2.71. The molecule has 1 aromatic rings. The Bertz CT molecular complexity index is 501. The molecule has 1 aromatic carbocycles. The standard InChI is InChI=1S/C12H16O4S/c1-9-4-5-12(17(13,14)15)8-10(9)7-11-3-2-6-16-11/h4-5,8,11H,2-3,6-7H2,1H3,(H,13,14,15). The van der Waals surface area contributed by atoms with Crippen molar-refractivity contribution in [3.8, 4) is 0 Å². The van der Waals surface area contributed by atoms with Crippen LogP contribution in [0.25, 0.3) is 0 Å². The fraction of sp³-hybridized carbons (Fsp3) is 0.500. The minimum Gasteiger partial charge on any atom is -0.378 e. The normalized spacial score (nSPS) is 20.7. The van der Waals surface area contributed by atoms with Gasteiger partial charge in [-0.05, 0) is 49.4 Å². The highest BCUT2D eigenvalue weighted by atomic mass is 32.2. The summed E-state index contributed by atoms with van der Waals surface area (Å²) in [5, 5.41) is 0. The molecule has 0 spiro atoms. The van der Waals surface area contributed by atoms with Crippen molar-refractivity contribution < 1.29 is 17.7 Å². The largest absolute Gasteiger partial charge is 0.378 e. The van der Waals surface area contributed by atoms with E-state index in [1.165, 1.54) is 12.1 Å². The number of hydrogen-bond acceptors (Lipinski definition) is 3. The summed E-state index contributed by atoms with van der Waals surface area (Å²) in [5.74, 6) is 0. The Morgan fingerprint density at radius 1 is 1.47 bits per heavy atom. The molecule has 1 unspecified atom stereocenters. The lowest BCUT2D eigenvalue weighted by Crippen LogP contribution is -2.10. The second-order valence-corrected chi connectivity index (χ2v) is 5.82. The van der Waals surface area contributed by atoms with E-state index in [0.29, 0.717) is 6.42 Å². The smallest absolute Gasteiger partial charge is 0.294 e. The number of hydrogen-bond donors (Lipinski definition) is 1. The molecule has 0 bridgehead atoms. The Morgan fingerprint density at radius 2 is 2.24 bits per heavy atom.